The highest BCUT2D eigenvalue weighted by Gasteiger charge is 2.40. The molecular formula is C24H27FN2O4S. The van der Waals surface area contributed by atoms with E-state index >= 15 is 4.39 Å². The largest absolute Gasteiger partial charge is 0.334 e. The number of aromatic nitrogens is 2. The molecule has 8 heteroatoms. The lowest BCUT2D eigenvalue weighted by molar-refractivity contribution is 0.0930. The Morgan fingerprint density at radius 3 is 2.53 bits per heavy atom. The number of hydrogen-bond acceptors (Lipinski definition) is 4. The van der Waals surface area contributed by atoms with Gasteiger partial charge in [0.2, 0.25) is 0 Å². The van der Waals surface area contributed by atoms with E-state index < -0.39 is 26.9 Å². The minimum Gasteiger partial charge on any atom is -0.294 e. The Kier molecular flexibility index (Phi) is 5.40. The Morgan fingerprint density at radius 1 is 1.22 bits per heavy atom. The summed E-state index contributed by atoms with van der Waals surface area (Å²) in [7, 11) is -3.18. The Hall–Kier alpha value is -2.74. The maximum absolute atomic E-state index is 15.8. The number of rotatable bonds is 5. The van der Waals surface area contributed by atoms with Gasteiger partial charge in [-0.05, 0) is 62.4 Å². The summed E-state index contributed by atoms with van der Waals surface area (Å²) in [6.45, 7) is 7.25. The quantitative estimate of drug-likeness (QED) is 0.537. The van der Waals surface area contributed by atoms with Gasteiger partial charge in [0.1, 0.15) is 5.52 Å². The lowest BCUT2D eigenvalue weighted by atomic mass is 9.83. The average Bonchev–Trinajstić information content (AvgIpc) is 3.14. The summed E-state index contributed by atoms with van der Waals surface area (Å²) in [4.78, 5) is 26.3. The van der Waals surface area contributed by atoms with Crippen molar-refractivity contribution in [2.24, 2.45) is 5.41 Å². The van der Waals surface area contributed by atoms with E-state index in [1.54, 1.807) is 32.9 Å². The number of carbonyl (C=O) groups excluding carboxylic acids is 1. The van der Waals surface area contributed by atoms with Gasteiger partial charge in [-0.25, -0.2) is 17.6 Å². The molecule has 0 unspecified atom stereocenters. The van der Waals surface area contributed by atoms with E-state index in [0.717, 1.165) is 5.56 Å². The summed E-state index contributed by atoms with van der Waals surface area (Å²) in [5.74, 6) is -1.22. The number of nitrogens with zero attached hydrogens (tertiary/aromatic N) is 2. The molecule has 32 heavy (non-hydrogen) atoms. The minimum absolute atomic E-state index is 0.0462. The summed E-state index contributed by atoms with van der Waals surface area (Å²) in [5.41, 5.74) is 0.868. The van der Waals surface area contributed by atoms with Gasteiger partial charge in [0.05, 0.1) is 28.3 Å². The maximum atomic E-state index is 15.8. The molecule has 2 aromatic carbocycles. The van der Waals surface area contributed by atoms with Crippen LogP contribution in [0, 0.1) is 18.2 Å². The third-order valence-corrected chi connectivity index (χ3v) is 8.19. The van der Waals surface area contributed by atoms with Crippen LogP contribution < -0.4 is 5.69 Å². The fraction of sp³-hybridized carbons (Fsp3) is 0.417. The third-order valence-electron chi connectivity index (χ3n) is 6.22. The highest BCUT2D eigenvalue weighted by Crippen LogP contribution is 2.37. The van der Waals surface area contributed by atoms with E-state index in [2.05, 4.69) is 0 Å². The fourth-order valence-electron chi connectivity index (χ4n) is 4.68. The number of hydrogen-bond donors (Lipinski definition) is 0. The van der Waals surface area contributed by atoms with Crippen LogP contribution in [-0.2, 0) is 9.84 Å². The first kappa shape index (κ1) is 22.5. The zero-order valence-corrected chi connectivity index (χ0v) is 19.5. The lowest BCUT2D eigenvalue weighted by Gasteiger charge is -2.21. The van der Waals surface area contributed by atoms with Gasteiger partial charge in [-0.3, -0.25) is 13.9 Å². The number of aryl methyl sites for hydroxylation is 1. The van der Waals surface area contributed by atoms with Crippen molar-refractivity contribution in [2.75, 3.05) is 11.5 Å². The summed E-state index contributed by atoms with van der Waals surface area (Å²) in [6, 6.07) is 10.1. The summed E-state index contributed by atoms with van der Waals surface area (Å²) < 4.78 is 42.4. The Morgan fingerprint density at radius 2 is 1.94 bits per heavy atom. The first-order valence-corrected chi connectivity index (χ1v) is 12.5. The number of ketones is 1. The summed E-state index contributed by atoms with van der Waals surface area (Å²) in [6.07, 6.45) is 0.324. The van der Waals surface area contributed by atoms with Crippen molar-refractivity contribution in [2.45, 2.75) is 46.6 Å². The zero-order chi connectivity index (χ0) is 23.4. The summed E-state index contributed by atoms with van der Waals surface area (Å²) in [5, 5.41) is 0. The lowest BCUT2D eigenvalue weighted by Crippen LogP contribution is -2.25. The number of sulfone groups is 1. The van der Waals surface area contributed by atoms with Crippen LogP contribution in [0.3, 0.4) is 0 Å². The zero-order valence-electron chi connectivity index (χ0n) is 18.7. The van der Waals surface area contributed by atoms with E-state index in [-0.39, 0.29) is 40.7 Å². The molecule has 1 aliphatic heterocycles. The molecule has 6 nitrogen and oxygen atoms in total. The van der Waals surface area contributed by atoms with Crippen molar-refractivity contribution in [1.29, 1.82) is 0 Å². The topological polar surface area (TPSA) is 78.1 Å². The molecule has 0 aliphatic carbocycles. The monoisotopic (exact) mass is 458 g/mol. The molecule has 3 aromatic rings. The van der Waals surface area contributed by atoms with Crippen LogP contribution in [0.1, 0.15) is 55.6 Å². The van der Waals surface area contributed by atoms with Gasteiger partial charge in [-0.2, -0.15) is 0 Å². The van der Waals surface area contributed by atoms with Crippen molar-refractivity contribution in [3.8, 4) is 5.69 Å². The SMILES string of the molecule is Cc1cccc(-n2c(=O)n(C(C)C)c3c(F)c(C(=O)C[C@]4(C)CCS(=O)(=O)C4)ccc32)c1. The molecule has 1 fully saturated rings. The number of Topliss-reactive ketones (excluding diaryl/α,β-unsaturated/α-hetero) is 1. The molecule has 2 heterocycles. The molecule has 4 rings (SSSR count). The number of halogens is 1. The Bertz CT molecular complexity index is 1400. The number of imidazole rings is 1. The second kappa shape index (κ2) is 7.69. The molecular weight excluding hydrogens is 431 g/mol. The van der Waals surface area contributed by atoms with E-state index in [1.165, 1.54) is 15.2 Å². The maximum Gasteiger partial charge on any atom is 0.334 e. The minimum atomic E-state index is -3.18. The van der Waals surface area contributed by atoms with E-state index in [1.807, 2.05) is 25.1 Å². The Balaban J connectivity index is 1.86. The molecule has 0 bridgehead atoms. The van der Waals surface area contributed by atoms with Crippen LogP contribution >= 0.6 is 0 Å². The number of benzene rings is 2. The second-order valence-corrected chi connectivity index (χ2v) is 11.7. The van der Waals surface area contributed by atoms with Crippen molar-refractivity contribution in [3.05, 3.63) is 63.8 Å². The first-order valence-electron chi connectivity index (χ1n) is 10.7. The molecule has 0 radical (unpaired) electrons. The van der Waals surface area contributed by atoms with Gasteiger partial charge in [-0.1, -0.05) is 19.1 Å². The highest BCUT2D eigenvalue weighted by molar-refractivity contribution is 7.91. The van der Waals surface area contributed by atoms with Gasteiger partial charge in [0.15, 0.2) is 21.4 Å². The van der Waals surface area contributed by atoms with Crippen LogP contribution in [0.4, 0.5) is 4.39 Å². The molecule has 0 saturated carbocycles. The molecule has 170 valence electrons. The van der Waals surface area contributed by atoms with Crippen molar-refractivity contribution in [3.63, 3.8) is 0 Å². The summed E-state index contributed by atoms with van der Waals surface area (Å²) >= 11 is 0. The van der Waals surface area contributed by atoms with E-state index in [0.29, 0.717) is 17.6 Å². The molecule has 1 aliphatic rings. The second-order valence-electron chi connectivity index (χ2n) is 9.47. The Labute approximate surface area is 186 Å². The first-order chi connectivity index (χ1) is 14.9. The smallest absolute Gasteiger partial charge is 0.294 e. The standard InChI is InChI=1S/C24H27FN2O4S/c1-15(2)26-22-19(27(23(26)29)17-7-5-6-16(3)12-17)9-8-18(21(22)25)20(28)13-24(4)10-11-32(30,31)14-24/h5-9,12,15H,10-11,13-14H2,1-4H3/t24-/m0/s1. The molecule has 0 N–H and O–H groups in total. The highest BCUT2D eigenvalue weighted by atomic mass is 32.2. The van der Waals surface area contributed by atoms with Crippen molar-refractivity contribution >= 4 is 26.7 Å². The normalized spacial score (nSPS) is 20.3. The van der Waals surface area contributed by atoms with Gasteiger partial charge in [0, 0.05) is 12.5 Å². The molecule has 1 aromatic heterocycles. The predicted molar refractivity (Wildman–Crippen MR) is 123 cm³/mol. The molecule has 0 spiro atoms. The van der Waals surface area contributed by atoms with Gasteiger partial charge < -0.3 is 0 Å². The number of carbonyl (C=O) groups is 1. The fourth-order valence-corrected chi connectivity index (χ4v) is 6.94. The van der Waals surface area contributed by atoms with Gasteiger partial charge in [-0.15, -0.1) is 0 Å². The van der Waals surface area contributed by atoms with Crippen LogP contribution in [-0.4, -0.2) is 34.8 Å². The number of fused-ring (bicyclic) bond motifs is 1. The molecule has 1 atom stereocenters. The molecule has 0 amide bonds. The predicted octanol–water partition coefficient (Wildman–Crippen LogP) is 4.22. The van der Waals surface area contributed by atoms with E-state index in [4.69, 9.17) is 0 Å². The van der Waals surface area contributed by atoms with Crippen LogP contribution in [0.5, 0.6) is 0 Å². The van der Waals surface area contributed by atoms with Crippen LogP contribution in [0.2, 0.25) is 0 Å². The van der Waals surface area contributed by atoms with Crippen molar-refractivity contribution in [1.82, 2.24) is 9.13 Å². The van der Waals surface area contributed by atoms with Gasteiger partial charge in [0.25, 0.3) is 0 Å². The average molecular weight is 459 g/mol. The van der Waals surface area contributed by atoms with Crippen LogP contribution in [0.25, 0.3) is 16.7 Å². The molecule has 1 saturated heterocycles. The van der Waals surface area contributed by atoms with Crippen molar-refractivity contribution < 1.29 is 17.6 Å². The van der Waals surface area contributed by atoms with E-state index in [9.17, 15) is 18.0 Å². The third kappa shape index (κ3) is 3.81. The van der Waals surface area contributed by atoms with Crippen LogP contribution in [0.15, 0.2) is 41.2 Å². The van der Waals surface area contributed by atoms with Gasteiger partial charge >= 0.3 is 5.69 Å².